The van der Waals surface area contributed by atoms with Crippen molar-refractivity contribution in [1.29, 1.82) is 0 Å². The molecule has 0 aliphatic rings. The van der Waals surface area contributed by atoms with Crippen LogP contribution in [-0.2, 0) is 9.59 Å². The molecule has 22 heavy (non-hydrogen) atoms. The van der Waals surface area contributed by atoms with Gasteiger partial charge in [0, 0.05) is 0 Å². The minimum absolute atomic E-state index is 0.226. The van der Waals surface area contributed by atoms with E-state index < -0.39 is 5.25 Å². The number of Topliss-reactive ketones (excluding diaryl/α,β-unsaturated/α-hetero) is 2. The molecule has 112 valence electrons. The Morgan fingerprint density at radius 3 is 2.59 bits per heavy atom. The van der Waals surface area contributed by atoms with Gasteiger partial charge in [0.1, 0.15) is 10.9 Å². The molecular formula is C14H12N4O3S. The van der Waals surface area contributed by atoms with Crippen LogP contribution >= 0.6 is 11.8 Å². The highest BCUT2D eigenvalue weighted by Crippen LogP contribution is 2.24. The maximum absolute atomic E-state index is 11.6. The lowest BCUT2D eigenvalue weighted by Gasteiger charge is -2.07. The smallest absolute Gasteiger partial charge is 0.213 e. The average molecular weight is 316 g/mol. The van der Waals surface area contributed by atoms with E-state index in [1.165, 1.54) is 18.4 Å². The summed E-state index contributed by atoms with van der Waals surface area (Å²) in [5.41, 5.74) is 1.14. The van der Waals surface area contributed by atoms with E-state index in [2.05, 4.69) is 15.3 Å². The minimum Gasteiger partial charge on any atom is -0.463 e. The second kappa shape index (κ2) is 5.72. The zero-order chi connectivity index (χ0) is 15.7. The molecule has 3 heterocycles. The van der Waals surface area contributed by atoms with Crippen LogP contribution in [0.1, 0.15) is 13.8 Å². The molecule has 0 aliphatic carbocycles. The lowest BCUT2D eigenvalue weighted by atomic mass is 10.2. The Kier molecular flexibility index (Phi) is 3.76. The standard InChI is InChI=1S/C14H12N4O3S/c1-8(19)13(9(2)20)22-14-16-15-12-6-5-10(17-18(12)14)11-4-3-7-21-11/h3-7,13H,1-2H3. The molecule has 0 saturated heterocycles. The topological polar surface area (TPSA) is 90.4 Å². The van der Waals surface area contributed by atoms with Gasteiger partial charge in [-0.2, -0.15) is 9.61 Å². The van der Waals surface area contributed by atoms with Crippen molar-refractivity contribution >= 4 is 29.0 Å². The molecule has 0 unspecified atom stereocenters. The Bertz CT molecular complexity index is 827. The number of furan rings is 1. The van der Waals surface area contributed by atoms with E-state index in [4.69, 9.17) is 4.42 Å². The number of nitrogens with zero attached hydrogens (tertiary/aromatic N) is 4. The summed E-state index contributed by atoms with van der Waals surface area (Å²) in [5.74, 6) is 0.161. The number of ketones is 2. The highest BCUT2D eigenvalue weighted by Gasteiger charge is 2.24. The second-order valence-corrected chi connectivity index (χ2v) is 5.74. The van der Waals surface area contributed by atoms with Crippen LogP contribution in [0.2, 0.25) is 0 Å². The fourth-order valence-electron chi connectivity index (χ4n) is 1.96. The van der Waals surface area contributed by atoms with E-state index in [9.17, 15) is 9.59 Å². The van der Waals surface area contributed by atoms with E-state index in [1.807, 2.05) is 0 Å². The molecule has 0 bridgehead atoms. The summed E-state index contributed by atoms with van der Waals surface area (Å²) >= 11 is 1.04. The van der Waals surface area contributed by atoms with Crippen molar-refractivity contribution in [2.75, 3.05) is 0 Å². The third-order valence-corrected chi connectivity index (χ3v) is 4.33. The van der Waals surface area contributed by atoms with Gasteiger partial charge in [0.2, 0.25) is 5.16 Å². The Hall–Kier alpha value is -2.48. The Morgan fingerprint density at radius 2 is 1.95 bits per heavy atom. The molecule has 3 aromatic heterocycles. The summed E-state index contributed by atoms with van der Waals surface area (Å²) in [7, 11) is 0. The molecule has 3 rings (SSSR count). The molecular weight excluding hydrogens is 304 g/mol. The SMILES string of the molecule is CC(=O)C(Sc1nnc2ccc(-c3ccco3)nn12)C(C)=O. The van der Waals surface area contributed by atoms with Crippen LogP contribution in [0.4, 0.5) is 0 Å². The van der Waals surface area contributed by atoms with Crippen LogP contribution in [0.3, 0.4) is 0 Å². The van der Waals surface area contributed by atoms with Crippen molar-refractivity contribution in [2.24, 2.45) is 0 Å². The summed E-state index contributed by atoms with van der Waals surface area (Å²) in [4.78, 5) is 23.1. The third kappa shape index (κ3) is 2.64. The maximum Gasteiger partial charge on any atom is 0.213 e. The Morgan fingerprint density at radius 1 is 1.18 bits per heavy atom. The lowest BCUT2D eigenvalue weighted by molar-refractivity contribution is -0.123. The van der Waals surface area contributed by atoms with E-state index in [1.54, 1.807) is 30.5 Å². The molecule has 7 nitrogen and oxygen atoms in total. The normalized spacial score (nSPS) is 11.2. The van der Waals surface area contributed by atoms with Crippen LogP contribution in [0, 0.1) is 0 Å². The number of hydrogen-bond donors (Lipinski definition) is 0. The first-order chi connectivity index (χ1) is 10.6. The van der Waals surface area contributed by atoms with Gasteiger partial charge in [-0.15, -0.1) is 10.2 Å². The molecule has 0 saturated carbocycles. The number of thioether (sulfide) groups is 1. The van der Waals surface area contributed by atoms with Gasteiger partial charge in [0.05, 0.1) is 6.26 Å². The van der Waals surface area contributed by atoms with Gasteiger partial charge >= 0.3 is 0 Å². The zero-order valence-electron chi connectivity index (χ0n) is 11.9. The van der Waals surface area contributed by atoms with Crippen molar-refractivity contribution in [3.05, 3.63) is 30.5 Å². The maximum atomic E-state index is 11.6. The molecule has 0 aliphatic heterocycles. The largest absolute Gasteiger partial charge is 0.463 e. The van der Waals surface area contributed by atoms with Gasteiger partial charge < -0.3 is 4.42 Å². The molecule has 0 atom stereocenters. The first-order valence-electron chi connectivity index (χ1n) is 6.50. The number of aromatic nitrogens is 4. The summed E-state index contributed by atoms with van der Waals surface area (Å²) in [6.07, 6.45) is 1.56. The van der Waals surface area contributed by atoms with E-state index >= 15 is 0 Å². The highest BCUT2D eigenvalue weighted by molar-refractivity contribution is 8.01. The van der Waals surface area contributed by atoms with Gasteiger partial charge in [-0.1, -0.05) is 11.8 Å². The zero-order valence-corrected chi connectivity index (χ0v) is 12.7. The molecule has 0 spiro atoms. The highest BCUT2D eigenvalue weighted by atomic mass is 32.2. The van der Waals surface area contributed by atoms with Crippen molar-refractivity contribution in [3.63, 3.8) is 0 Å². The molecule has 0 aromatic carbocycles. The van der Waals surface area contributed by atoms with Crippen LogP contribution in [-0.4, -0.2) is 36.6 Å². The summed E-state index contributed by atoms with van der Waals surface area (Å²) in [6, 6.07) is 7.08. The van der Waals surface area contributed by atoms with Gasteiger partial charge in [0.15, 0.2) is 23.0 Å². The predicted octanol–water partition coefficient (Wildman–Crippen LogP) is 2.02. The van der Waals surface area contributed by atoms with Gasteiger partial charge in [-0.3, -0.25) is 9.59 Å². The van der Waals surface area contributed by atoms with E-state index in [0.717, 1.165) is 11.8 Å². The van der Waals surface area contributed by atoms with Gasteiger partial charge in [0.25, 0.3) is 0 Å². The van der Waals surface area contributed by atoms with Crippen LogP contribution in [0.5, 0.6) is 0 Å². The molecule has 3 aromatic rings. The average Bonchev–Trinajstić information content (AvgIpc) is 3.13. The Labute approximate surface area is 129 Å². The Balaban J connectivity index is 2.01. The number of hydrogen-bond acceptors (Lipinski definition) is 7. The van der Waals surface area contributed by atoms with Crippen molar-refractivity contribution in [2.45, 2.75) is 24.3 Å². The van der Waals surface area contributed by atoms with Crippen LogP contribution < -0.4 is 0 Å². The van der Waals surface area contributed by atoms with Crippen LogP contribution in [0.15, 0.2) is 40.1 Å². The first kappa shape index (κ1) is 14.5. The predicted molar refractivity (Wildman–Crippen MR) is 79.5 cm³/mol. The van der Waals surface area contributed by atoms with E-state index in [-0.39, 0.29) is 11.6 Å². The molecule has 8 heteroatoms. The monoisotopic (exact) mass is 316 g/mol. The third-order valence-electron chi connectivity index (χ3n) is 2.97. The quantitative estimate of drug-likeness (QED) is 0.525. The van der Waals surface area contributed by atoms with Crippen molar-refractivity contribution < 1.29 is 14.0 Å². The number of rotatable bonds is 5. The number of fused-ring (bicyclic) bond motifs is 1. The van der Waals surface area contributed by atoms with Crippen LogP contribution in [0.25, 0.3) is 17.1 Å². The second-order valence-electron chi connectivity index (χ2n) is 4.67. The molecule has 0 radical (unpaired) electrons. The summed E-state index contributed by atoms with van der Waals surface area (Å²) < 4.78 is 6.81. The first-order valence-corrected chi connectivity index (χ1v) is 7.38. The fourth-order valence-corrected chi connectivity index (χ4v) is 2.82. The fraction of sp³-hybridized carbons (Fsp3) is 0.214. The minimum atomic E-state index is -0.804. The molecule has 0 fully saturated rings. The summed E-state index contributed by atoms with van der Waals surface area (Å²) in [5, 5.41) is 12.0. The van der Waals surface area contributed by atoms with E-state index in [0.29, 0.717) is 22.3 Å². The van der Waals surface area contributed by atoms with Gasteiger partial charge in [-0.25, -0.2) is 0 Å². The molecule has 0 N–H and O–H groups in total. The summed E-state index contributed by atoms with van der Waals surface area (Å²) in [6.45, 7) is 2.76. The number of carbonyl (C=O) groups excluding carboxylic acids is 2. The van der Waals surface area contributed by atoms with Crippen molar-refractivity contribution in [3.8, 4) is 11.5 Å². The van der Waals surface area contributed by atoms with Gasteiger partial charge in [-0.05, 0) is 38.1 Å². The van der Waals surface area contributed by atoms with Crippen molar-refractivity contribution in [1.82, 2.24) is 19.8 Å². The lowest BCUT2D eigenvalue weighted by Crippen LogP contribution is -2.22. The molecule has 0 amide bonds. The number of carbonyl (C=O) groups is 2.